The minimum Gasteiger partial charge on any atom is -0.496 e. The maximum atomic E-state index is 15.3. The zero-order valence-corrected chi connectivity index (χ0v) is 21.5. The van der Waals surface area contributed by atoms with Gasteiger partial charge in [-0.3, -0.25) is 0 Å². The zero-order valence-electron chi connectivity index (χ0n) is 20.7. The third kappa shape index (κ3) is 5.52. The van der Waals surface area contributed by atoms with Crippen LogP contribution in [0, 0.1) is 11.6 Å². The van der Waals surface area contributed by atoms with Gasteiger partial charge >= 0.3 is 12.3 Å². The lowest BCUT2D eigenvalue weighted by atomic mass is 10.1. The molecular formula is C24H23ClF5N5O3. The molecule has 0 aliphatic carbocycles. The molecule has 3 heterocycles. The lowest BCUT2D eigenvalue weighted by Crippen LogP contribution is -2.61. The third-order valence-electron chi connectivity index (χ3n) is 5.71. The molecule has 38 heavy (non-hydrogen) atoms. The van der Waals surface area contributed by atoms with Gasteiger partial charge in [-0.25, -0.2) is 18.6 Å². The predicted molar refractivity (Wildman–Crippen MR) is 129 cm³/mol. The summed E-state index contributed by atoms with van der Waals surface area (Å²) < 4.78 is 82.9. The molecule has 0 unspecified atom stereocenters. The second kappa shape index (κ2) is 10.0. The molecule has 0 saturated carbocycles. The molecule has 0 radical (unpaired) electrons. The van der Waals surface area contributed by atoms with Crippen molar-refractivity contribution in [3.05, 3.63) is 41.2 Å². The molecule has 1 atom stereocenters. The van der Waals surface area contributed by atoms with Gasteiger partial charge in [0.15, 0.2) is 11.5 Å². The van der Waals surface area contributed by atoms with Crippen molar-refractivity contribution in [3.8, 4) is 17.0 Å². The number of pyridine rings is 1. The summed E-state index contributed by atoms with van der Waals surface area (Å²) >= 11 is 6.04. The first-order chi connectivity index (χ1) is 17.7. The van der Waals surface area contributed by atoms with Crippen LogP contribution >= 0.6 is 11.6 Å². The van der Waals surface area contributed by atoms with E-state index in [1.54, 1.807) is 20.8 Å². The molecule has 1 aliphatic rings. The third-order valence-corrected chi connectivity index (χ3v) is 5.88. The van der Waals surface area contributed by atoms with Crippen LogP contribution in [0.2, 0.25) is 5.28 Å². The van der Waals surface area contributed by atoms with Crippen LogP contribution in [0.4, 0.5) is 32.6 Å². The highest BCUT2D eigenvalue weighted by Crippen LogP contribution is 2.38. The summed E-state index contributed by atoms with van der Waals surface area (Å²) in [6, 6.07) is 2.51. The fourth-order valence-corrected chi connectivity index (χ4v) is 4.26. The fraction of sp³-hybridized carbons (Fsp3) is 0.417. The SMILES string of the molecule is COc1cccc(F)c1-c1nc2nc(Cl)nc(N3CCN(C(=O)OC(C)(C)C)C[C@@H]3C(F)(F)F)c2cc1F. The topological polar surface area (TPSA) is 80.7 Å². The van der Waals surface area contributed by atoms with Crippen LogP contribution in [0.15, 0.2) is 24.3 Å². The highest BCUT2D eigenvalue weighted by molar-refractivity contribution is 6.28. The number of amides is 1. The van der Waals surface area contributed by atoms with Gasteiger partial charge in [0.05, 0.1) is 24.6 Å². The first-order valence-electron chi connectivity index (χ1n) is 11.4. The van der Waals surface area contributed by atoms with Crippen LogP contribution < -0.4 is 9.64 Å². The number of anilines is 1. The second-order valence-corrected chi connectivity index (χ2v) is 9.84. The maximum Gasteiger partial charge on any atom is 0.410 e. The summed E-state index contributed by atoms with van der Waals surface area (Å²) in [5.74, 6) is -2.20. The van der Waals surface area contributed by atoms with E-state index in [1.807, 2.05) is 0 Å². The molecule has 1 fully saturated rings. The number of hydrogen-bond donors (Lipinski definition) is 0. The molecule has 8 nitrogen and oxygen atoms in total. The van der Waals surface area contributed by atoms with Gasteiger partial charge in [-0.05, 0) is 50.6 Å². The number of carbonyl (C=O) groups is 1. The number of methoxy groups -OCH3 is 1. The van der Waals surface area contributed by atoms with Gasteiger partial charge in [-0.15, -0.1) is 0 Å². The molecule has 1 saturated heterocycles. The monoisotopic (exact) mass is 559 g/mol. The molecular weight excluding hydrogens is 537 g/mol. The van der Waals surface area contributed by atoms with Crippen LogP contribution in [0.25, 0.3) is 22.3 Å². The minimum atomic E-state index is -4.81. The summed E-state index contributed by atoms with van der Waals surface area (Å²) in [4.78, 5) is 26.3. The average Bonchev–Trinajstić information content (AvgIpc) is 2.81. The fourth-order valence-electron chi connectivity index (χ4n) is 4.10. The lowest BCUT2D eigenvalue weighted by Gasteiger charge is -2.42. The van der Waals surface area contributed by atoms with Crippen molar-refractivity contribution in [3.63, 3.8) is 0 Å². The number of rotatable bonds is 3. The summed E-state index contributed by atoms with van der Waals surface area (Å²) in [6.45, 7) is 3.59. The number of alkyl halides is 3. The van der Waals surface area contributed by atoms with Gasteiger partial charge < -0.3 is 19.3 Å². The number of nitrogens with zero attached hydrogens (tertiary/aromatic N) is 5. The summed E-state index contributed by atoms with van der Waals surface area (Å²) in [6.07, 6.45) is -5.70. The van der Waals surface area contributed by atoms with Crippen LogP contribution in [-0.4, -0.2) is 70.5 Å². The molecule has 14 heteroatoms. The van der Waals surface area contributed by atoms with Gasteiger partial charge in [0.1, 0.15) is 34.7 Å². The lowest BCUT2D eigenvalue weighted by molar-refractivity contribution is -0.155. The largest absolute Gasteiger partial charge is 0.496 e. The van der Waals surface area contributed by atoms with E-state index in [2.05, 4.69) is 15.0 Å². The second-order valence-electron chi connectivity index (χ2n) is 9.50. The molecule has 4 rings (SSSR count). The number of carbonyl (C=O) groups excluding carboxylic acids is 1. The zero-order chi connectivity index (χ0) is 28.0. The molecule has 2 aromatic heterocycles. The Morgan fingerprint density at radius 1 is 1.08 bits per heavy atom. The standard InChI is InChI=1S/C24H23ClF5N5O3/c1-23(2,3)38-22(36)34-8-9-35(16(11-34)24(28,29)30)20-12-10-14(27)18(31-19(12)32-21(25)33-20)17-13(26)6-5-7-15(17)37-4/h5-7,10,16H,8-9,11H2,1-4H3/t16-/m1/s1. The smallest absolute Gasteiger partial charge is 0.410 e. The van der Waals surface area contributed by atoms with E-state index in [-0.39, 0.29) is 41.3 Å². The molecule has 0 bridgehead atoms. The Labute approximate surface area is 219 Å². The van der Waals surface area contributed by atoms with Crippen LogP contribution in [0.1, 0.15) is 20.8 Å². The average molecular weight is 560 g/mol. The van der Waals surface area contributed by atoms with Gasteiger partial charge in [0.25, 0.3) is 0 Å². The van der Waals surface area contributed by atoms with E-state index in [4.69, 9.17) is 21.1 Å². The number of fused-ring (bicyclic) bond motifs is 1. The Hall–Kier alpha value is -3.48. The van der Waals surface area contributed by atoms with Gasteiger partial charge in [-0.2, -0.15) is 23.1 Å². The summed E-state index contributed by atoms with van der Waals surface area (Å²) in [5, 5.41) is -0.625. The van der Waals surface area contributed by atoms with Crippen molar-refractivity contribution in [2.45, 2.75) is 38.6 Å². The number of hydrogen-bond acceptors (Lipinski definition) is 7. The first kappa shape index (κ1) is 27.6. The van der Waals surface area contributed by atoms with E-state index in [0.717, 1.165) is 21.9 Å². The summed E-state index contributed by atoms with van der Waals surface area (Å²) in [7, 11) is 1.27. The highest BCUT2D eigenvalue weighted by Gasteiger charge is 2.49. The van der Waals surface area contributed by atoms with E-state index in [9.17, 15) is 22.4 Å². The van der Waals surface area contributed by atoms with Crippen molar-refractivity contribution < 1.29 is 36.2 Å². The minimum absolute atomic E-state index is 0.00785. The van der Waals surface area contributed by atoms with Crippen molar-refractivity contribution in [2.75, 3.05) is 31.6 Å². The molecule has 1 aliphatic heterocycles. The van der Waals surface area contributed by atoms with Gasteiger partial charge in [0.2, 0.25) is 5.28 Å². The summed E-state index contributed by atoms with van der Waals surface area (Å²) in [5.41, 5.74) is -1.91. The molecule has 0 N–H and O–H groups in total. The van der Waals surface area contributed by atoms with E-state index in [1.165, 1.54) is 19.2 Å². The number of piperazine rings is 1. The quantitative estimate of drug-likeness (QED) is 0.304. The highest BCUT2D eigenvalue weighted by atomic mass is 35.5. The van der Waals surface area contributed by atoms with E-state index >= 15 is 4.39 Å². The van der Waals surface area contributed by atoms with Crippen molar-refractivity contribution in [2.24, 2.45) is 0 Å². The number of benzene rings is 1. The van der Waals surface area contributed by atoms with Crippen molar-refractivity contribution in [1.29, 1.82) is 0 Å². The number of aromatic nitrogens is 3. The molecule has 1 amide bonds. The van der Waals surface area contributed by atoms with Crippen LogP contribution in [-0.2, 0) is 4.74 Å². The van der Waals surface area contributed by atoms with Gasteiger partial charge in [-0.1, -0.05) is 6.07 Å². The Morgan fingerprint density at radius 2 is 1.79 bits per heavy atom. The normalized spacial score (nSPS) is 16.6. The van der Waals surface area contributed by atoms with E-state index < -0.39 is 53.1 Å². The Morgan fingerprint density at radius 3 is 2.42 bits per heavy atom. The number of ether oxygens (including phenoxy) is 2. The molecule has 204 valence electrons. The number of halogens is 6. The van der Waals surface area contributed by atoms with E-state index in [0.29, 0.717) is 0 Å². The Balaban J connectivity index is 1.80. The first-order valence-corrected chi connectivity index (χ1v) is 11.8. The van der Waals surface area contributed by atoms with Crippen molar-refractivity contribution in [1.82, 2.24) is 19.9 Å². The van der Waals surface area contributed by atoms with Crippen LogP contribution in [0.5, 0.6) is 5.75 Å². The van der Waals surface area contributed by atoms with Crippen molar-refractivity contribution >= 4 is 34.5 Å². The Bertz CT molecular complexity index is 1380. The Kier molecular flexibility index (Phi) is 7.26. The molecule has 0 spiro atoms. The predicted octanol–water partition coefficient (Wildman–Crippen LogP) is 5.62. The maximum absolute atomic E-state index is 15.3. The molecule has 1 aromatic carbocycles. The van der Waals surface area contributed by atoms with Crippen LogP contribution in [0.3, 0.4) is 0 Å². The van der Waals surface area contributed by atoms with Gasteiger partial charge in [0, 0.05) is 13.1 Å². The molecule has 3 aromatic rings.